The lowest BCUT2D eigenvalue weighted by molar-refractivity contribution is 0.217. The smallest absolute Gasteiger partial charge is 0.316 e. The molecule has 2 amide bonds. The minimum Gasteiger partial charge on any atom is -0.337 e. The second-order valence-electron chi connectivity index (χ2n) is 6.06. The maximum Gasteiger partial charge on any atom is 0.316 e. The first kappa shape index (κ1) is 20.2. The zero-order valence-corrected chi connectivity index (χ0v) is 14.5. The van der Waals surface area contributed by atoms with Crippen molar-refractivity contribution in [2.24, 2.45) is 0 Å². The highest BCUT2D eigenvalue weighted by atomic mass is 16.2. The normalized spacial score (nSPS) is 10.6. The highest BCUT2D eigenvalue weighted by molar-refractivity contribution is 5.73. The van der Waals surface area contributed by atoms with Gasteiger partial charge in [-0.25, -0.2) is 4.79 Å². The van der Waals surface area contributed by atoms with Gasteiger partial charge in [0, 0.05) is 27.2 Å². The number of urea groups is 1. The van der Waals surface area contributed by atoms with Crippen molar-refractivity contribution in [3.8, 4) is 0 Å². The van der Waals surface area contributed by atoms with Crippen LogP contribution in [0.2, 0.25) is 0 Å². The highest BCUT2D eigenvalue weighted by Gasteiger charge is 2.00. The van der Waals surface area contributed by atoms with Crippen molar-refractivity contribution in [2.75, 3.05) is 33.7 Å². The quantitative estimate of drug-likeness (QED) is 0.480. The Labute approximate surface area is 132 Å². The van der Waals surface area contributed by atoms with Crippen molar-refractivity contribution in [1.29, 1.82) is 0 Å². The molecule has 126 valence electrons. The summed E-state index contributed by atoms with van der Waals surface area (Å²) in [5, 5.41) is 6.22. The van der Waals surface area contributed by atoms with E-state index in [-0.39, 0.29) is 6.03 Å². The van der Waals surface area contributed by atoms with Crippen LogP contribution >= 0.6 is 0 Å². The van der Waals surface area contributed by atoms with E-state index in [2.05, 4.69) is 17.6 Å². The minimum absolute atomic E-state index is 0.0178. The summed E-state index contributed by atoms with van der Waals surface area (Å²) in [4.78, 5) is 12.8. The summed E-state index contributed by atoms with van der Waals surface area (Å²) in [5.41, 5.74) is 0. The Morgan fingerprint density at radius 3 is 1.81 bits per heavy atom. The van der Waals surface area contributed by atoms with Crippen LogP contribution in [0.5, 0.6) is 0 Å². The predicted octanol–water partition coefficient (Wildman–Crippen LogP) is 3.77. The number of nitrogens with zero attached hydrogens (tertiary/aromatic N) is 1. The molecule has 21 heavy (non-hydrogen) atoms. The molecule has 0 heterocycles. The molecule has 0 aromatic heterocycles. The molecule has 0 saturated heterocycles. The van der Waals surface area contributed by atoms with Crippen LogP contribution in [0.1, 0.15) is 71.1 Å². The van der Waals surface area contributed by atoms with Gasteiger partial charge in [-0.15, -0.1) is 0 Å². The summed E-state index contributed by atoms with van der Waals surface area (Å²) >= 11 is 0. The standard InChI is InChI=1S/C17H37N3O/c1-4-5-6-7-8-9-10-11-12-13-14-18-15-16-19-17(21)20(2)3/h18H,4-16H2,1-3H3,(H,19,21). The summed E-state index contributed by atoms with van der Waals surface area (Å²) < 4.78 is 0. The van der Waals surface area contributed by atoms with Crippen LogP contribution in [0.25, 0.3) is 0 Å². The van der Waals surface area contributed by atoms with E-state index in [1.54, 1.807) is 19.0 Å². The number of hydrogen-bond acceptors (Lipinski definition) is 2. The molecule has 0 fully saturated rings. The van der Waals surface area contributed by atoms with Crippen LogP contribution in [0, 0.1) is 0 Å². The number of unbranched alkanes of at least 4 members (excludes halogenated alkanes) is 9. The molecule has 0 spiro atoms. The molecule has 0 aliphatic rings. The Hall–Kier alpha value is -0.770. The van der Waals surface area contributed by atoms with Gasteiger partial charge in [0.25, 0.3) is 0 Å². The van der Waals surface area contributed by atoms with Gasteiger partial charge < -0.3 is 15.5 Å². The average Bonchev–Trinajstić information content (AvgIpc) is 2.47. The van der Waals surface area contributed by atoms with E-state index in [0.717, 1.165) is 13.1 Å². The van der Waals surface area contributed by atoms with Gasteiger partial charge >= 0.3 is 6.03 Å². The third-order valence-electron chi connectivity index (χ3n) is 3.69. The van der Waals surface area contributed by atoms with E-state index in [1.165, 1.54) is 64.2 Å². The molecule has 0 atom stereocenters. The van der Waals surface area contributed by atoms with Crippen molar-refractivity contribution >= 4 is 6.03 Å². The van der Waals surface area contributed by atoms with E-state index in [0.29, 0.717) is 6.54 Å². The minimum atomic E-state index is -0.0178. The molecular weight excluding hydrogens is 262 g/mol. The van der Waals surface area contributed by atoms with Gasteiger partial charge in [-0.3, -0.25) is 0 Å². The number of nitrogens with one attached hydrogen (secondary N) is 2. The van der Waals surface area contributed by atoms with E-state index in [1.807, 2.05) is 0 Å². The summed E-state index contributed by atoms with van der Waals surface area (Å²) in [7, 11) is 3.51. The number of hydrogen-bond donors (Lipinski definition) is 2. The first-order chi connectivity index (χ1) is 10.2. The lowest BCUT2D eigenvalue weighted by atomic mass is 10.1. The third kappa shape index (κ3) is 15.4. The van der Waals surface area contributed by atoms with E-state index in [9.17, 15) is 4.79 Å². The molecule has 0 aromatic carbocycles. The van der Waals surface area contributed by atoms with Gasteiger partial charge in [-0.1, -0.05) is 64.7 Å². The number of carbonyl (C=O) groups excluding carboxylic acids is 1. The maximum atomic E-state index is 11.2. The molecule has 0 aliphatic heterocycles. The second kappa shape index (κ2) is 15.6. The predicted molar refractivity (Wildman–Crippen MR) is 91.8 cm³/mol. The molecule has 4 nitrogen and oxygen atoms in total. The van der Waals surface area contributed by atoms with Gasteiger partial charge in [0.15, 0.2) is 0 Å². The fourth-order valence-corrected chi connectivity index (χ4v) is 2.28. The number of rotatable bonds is 14. The Kier molecular flexibility index (Phi) is 15.0. The first-order valence-corrected chi connectivity index (χ1v) is 8.84. The van der Waals surface area contributed by atoms with Gasteiger partial charge in [0.05, 0.1) is 0 Å². The fourth-order valence-electron chi connectivity index (χ4n) is 2.28. The van der Waals surface area contributed by atoms with Crippen LogP contribution in [0.4, 0.5) is 4.79 Å². The van der Waals surface area contributed by atoms with Crippen molar-refractivity contribution in [3.63, 3.8) is 0 Å². The van der Waals surface area contributed by atoms with Gasteiger partial charge in [-0.05, 0) is 13.0 Å². The van der Waals surface area contributed by atoms with Crippen molar-refractivity contribution in [1.82, 2.24) is 15.5 Å². The molecule has 0 unspecified atom stereocenters. The van der Waals surface area contributed by atoms with E-state index in [4.69, 9.17) is 0 Å². The molecular formula is C17H37N3O. The monoisotopic (exact) mass is 299 g/mol. The van der Waals surface area contributed by atoms with E-state index < -0.39 is 0 Å². The van der Waals surface area contributed by atoms with Crippen LogP contribution in [0.3, 0.4) is 0 Å². The van der Waals surface area contributed by atoms with Crippen LogP contribution in [-0.4, -0.2) is 44.7 Å². The molecule has 0 radical (unpaired) electrons. The largest absolute Gasteiger partial charge is 0.337 e. The first-order valence-electron chi connectivity index (χ1n) is 8.84. The fraction of sp³-hybridized carbons (Fsp3) is 0.941. The SMILES string of the molecule is CCCCCCCCCCCCNCCNC(=O)N(C)C. The van der Waals surface area contributed by atoms with Crippen molar-refractivity contribution < 1.29 is 4.79 Å². The zero-order chi connectivity index (χ0) is 15.8. The van der Waals surface area contributed by atoms with Crippen molar-refractivity contribution in [2.45, 2.75) is 71.1 Å². The Morgan fingerprint density at radius 2 is 1.29 bits per heavy atom. The van der Waals surface area contributed by atoms with Gasteiger partial charge in [-0.2, -0.15) is 0 Å². The molecule has 0 saturated carbocycles. The second-order valence-corrected chi connectivity index (χ2v) is 6.06. The Bertz CT molecular complexity index is 232. The van der Waals surface area contributed by atoms with Gasteiger partial charge in [0.1, 0.15) is 0 Å². The van der Waals surface area contributed by atoms with Crippen molar-refractivity contribution in [3.05, 3.63) is 0 Å². The maximum absolute atomic E-state index is 11.2. The lowest BCUT2D eigenvalue weighted by Gasteiger charge is -2.12. The average molecular weight is 300 g/mol. The van der Waals surface area contributed by atoms with Crippen LogP contribution < -0.4 is 10.6 Å². The lowest BCUT2D eigenvalue weighted by Crippen LogP contribution is -2.38. The molecule has 4 heteroatoms. The van der Waals surface area contributed by atoms with E-state index >= 15 is 0 Å². The third-order valence-corrected chi connectivity index (χ3v) is 3.69. The zero-order valence-electron chi connectivity index (χ0n) is 14.5. The summed E-state index contributed by atoms with van der Waals surface area (Å²) in [5.74, 6) is 0. The summed E-state index contributed by atoms with van der Waals surface area (Å²) in [6, 6.07) is -0.0178. The van der Waals surface area contributed by atoms with Crippen LogP contribution in [-0.2, 0) is 0 Å². The number of carbonyl (C=O) groups is 1. The Morgan fingerprint density at radius 1 is 0.762 bits per heavy atom. The molecule has 0 aliphatic carbocycles. The van der Waals surface area contributed by atoms with Gasteiger partial charge in [0.2, 0.25) is 0 Å². The highest BCUT2D eigenvalue weighted by Crippen LogP contribution is 2.10. The molecule has 2 N–H and O–H groups in total. The Balaban J connectivity index is 3.04. The molecule has 0 bridgehead atoms. The summed E-state index contributed by atoms with van der Waals surface area (Å²) in [6.07, 6.45) is 13.8. The topological polar surface area (TPSA) is 44.4 Å². The molecule has 0 aromatic rings. The van der Waals surface area contributed by atoms with Crippen LogP contribution in [0.15, 0.2) is 0 Å². The number of amides is 2. The summed E-state index contributed by atoms with van der Waals surface area (Å²) in [6.45, 7) is 4.89. The molecule has 0 rings (SSSR count).